The van der Waals surface area contributed by atoms with Crippen molar-refractivity contribution in [2.45, 2.75) is 56.8 Å². The molecule has 0 saturated carbocycles. The first-order chi connectivity index (χ1) is 16.2. The van der Waals surface area contributed by atoms with Gasteiger partial charge >= 0.3 is 0 Å². The molecule has 6 nitrogen and oxygen atoms in total. The van der Waals surface area contributed by atoms with E-state index >= 15 is 0 Å². The number of carbonyl (C=O) groups excluding carboxylic acids is 1. The van der Waals surface area contributed by atoms with Crippen LogP contribution in [-0.4, -0.2) is 50.5 Å². The molecule has 0 aliphatic carbocycles. The summed E-state index contributed by atoms with van der Waals surface area (Å²) < 4.78 is 2.13. The van der Waals surface area contributed by atoms with E-state index in [-0.39, 0.29) is 11.9 Å². The van der Waals surface area contributed by atoms with E-state index in [1.807, 2.05) is 29.2 Å². The van der Waals surface area contributed by atoms with Crippen LogP contribution in [0.5, 0.6) is 0 Å². The van der Waals surface area contributed by atoms with Crippen LogP contribution in [0.15, 0.2) is 59.8 Å². The summed E-state index contributed by atoms with van der Waals surface area (Å²) in [6, 6.07) is 18.7. The number of piperidine rings is 1. The first-order valence-corrected chi connectivity index (χ1v) is 12.9. The van der Waals surface area contributed by atoms with Crippen LogP contribution < -0.4 is 4.90 Å². The Labute approximate surface area is 200 Å². The Morgan fingerprint density at radius 3 is 2.58 bits per heavy atom. The second-order valence-corrected chi connectivity index (χ2v) is 9.92. The molecule has 5 rings (SSSR count). The van der Waals surface area contributed by atoms with E-state index in [0.29, 0.717) is 5.75 Å². The zero-order valence-corrected chi connectivity index (χ0v) is 20.0. The highest BCUT2D eigenvalue weighted by Crippen LogP contribution is 2.32. The van der Waals surface area contributed by atoms with Crippen molar-refractivity contribution in [3.05, 3.63) is 66.0 Å². The Morgan fingerprint density at radius 2 is 1.76 bits per heavy atom. The molecule has 172 valence electrons. The molecule has 7 heteroatoms. The molecular weight excluding hydrogens is 430 g/mol. The van der Waals surface area contributed by atoms with Crippen molar-refractivity contribution >= 4 is 23.4 Å². The topological polar surface area (TPSA) is 54.3 Å². The molecule has 0 spiro atoms. The molecule has 1 unspecified atom stereocenters. The molecule has 1 atom stereocenters. The fourth-order valence-corrected chi connectivity index (χ4v) is 5.74. The van der Waals surface area contributed by atoms with Crippen molar-refractivity contribution in [3.8, 4) is 5.69 Å². The smallest absolute Gasteiger partial charge is 0.237 e. The van der Waals surface area contributed by atoms with E-state index in [9.17, 15) is 4.79 Å². The average Bonchev–Trinajstić information content (AvgIpc) is 3.26. The number of aromatic nitrogens is 3. The van der Waals surface area contributed by atoms with Gasteiger partial charge in [-0.15, -0.1) is 10.2 Å². The molecule has 2 aliphatic rings. The minimum absolute atomic E-state index is 0.125. The first-order valence-electron chi connectivity index (χ1n) is 12.0. The van der Waals surface area contributed by atoms with Gasteiger partial charge in [0.2, 0.25) is 5.91 Å². The molecule has 1 aromatic heterocycles. The highest BCUT2D eigenvalue weighted by atomic mass is 32.2. The maximum absolute atomic E-state index is 13.4. The summed E-state index contributed by atoms with van der Waals surface area (Å²) in [6.07, 6.45) is 5.81. The van der Waals surface area contributed by atoms with Gasteiger partial charge in [-0.3, -0.25) is 14.3 Å². The maximum atomic E-state index is 13.4. The second kappa shape index (κ2) is 10.1. The summed E-state index contributed by atoms with van der Waals surface area (Å²) >= 11 is 1.48. The van der Waals surface area contributed by atoms with Crippen LogP contribution in [0.1, 0.15) is 44.0 Å². The molecular formula is C26H31N5OS. The molecule has 0 bridgehead atoms. The lowest BCUT2D eigenvalue weighted by Crippen LogP contribution is -2.43. The van der Waals surface area contributed by atoms with Crippen LogP contribution in [0.25, 0.3) is 5.69 Å². The van der Waals surface area contributed by atoms with Crippen molar-refractivity contribution in [2.24, 2.45) is 0 Å². The Hall–Kier alpha value is -2.64. The second-order valence-electron chi connectivity index (χ2n) is 8.98. The lowest BCUT2D eigenvalue weighted by molar-refractivity contribution is -0.116. The van der Waals surface area contributed by atoms with Crippen LogP contribution in [0.4, 0.5) is 5.69 Å². The molecule has 1 saturated heterocycles. The lowest BCUT2D eigenvalue weighted by atomic mass is 9.97. The van der Waals surface area contributed by atoms with Crippen molar-refractivity contribution in [3.63, 3.8) is 0 Å². The number of aryl methyl sites for hydroxylation is 1. The first kappa shape index (κ1) is 22.2. The van der Waals surface area contributed by atoms with Gasteiger partial charge in [-0.1, -0.05) is 54.6 Å². The van der Waals surface area contributed by atoms with E-state index in [0.717, 1.165) is 54.8 Å². The van der Waals surface area contributed by atoms with Gasteiger partial charge in [-0.05, 0) is 69.5 Å². The number of anilines is 1. The van der Waals surface area contributed by atoms with Gasteiger partial charge < -0.3 is 4.90 Å². The Kier molecular flexibility index (Phi) is 6.78. The fourth-order valence-electron chi connectivity index (χ4n) is 4.91. The highest BCUT2D eigenvalue weighted by Gasteiger charge is 2.28. The summed E-state index contributed by atoms with van der Waals surface area (Å²) in [6.45, 7) is 5.14. The average molecular weight is 462 g/mol. The van der Waals surface area contributed by atoms with Gasteiger partial charge in [0, 0.05) is 17.4 Å². The molecule has 33 heavy (non-hydrogen) atoms. The van der Waals surface area contributed by atoms with Crippen LogP contribution in [0.3, 0.4) is 0 Å². The molecule has 2 aromatic carbocycles. The van der Waals surface area contributed by atoms with Crippen LogP contribution in [0, 0.1) is 0 Å². The summed E-state index contributed by atoms with van der Waals surface area (Å²) in [5, 5.41) is 9.85. The van der Waals surface area contributed by atoms with E-state index < -0.39 is 0 Å². The summed E-state index contributed by atoms with van der Waals surface area (Å²) in [5.74, 6) is 1.41. The Morgan fingerprint density at radius 1 is 1.00 bits per heavy atom. The summed E-state index contributed by atoms with van der Waals surface area (Å²) in [5.41, 5.74) is 3.35. The van der Waals surface area contributed by atoms with Gasteiger partial charge in [-0.2, -0.15) is 0 Å². The van der Waals surface area contributed by atoms with Crippen LogP contribution in [-0.2, 0) is 17.8 Å². The number of likely N-dealkylation sites (tertiary alicyclic amines) is 1. The standard InChI is InChI=1S/C26H31N5OS/c1-20-14-15-21-10-6-7-13-23(21)30(20)25(32)19-33-26-28-27-24(18-29-16-8-3-9-17-29)31(26)22-11-4-2-5-12-22/h2,4-7,10-13,20H,3,8-9,14-19H2,1H3. The number of hydrogen-bond donors (Lipinski definition) is 0. The lowest BCUT2D eigenvalue weighted by Gasteiger charge is -2.35. The number of rotatable bonds is 6. The number of fused-ring (bicyclic) bond motifs is 1. The van der Waals surface area contributed by atoms with Crippen molar-refractivity contribution in [2.75, 3.05) is 23.7 Å². The maximum Gasteiger partial charge on any atom is 0.237 e. The van der Waals surface area contributed by atoms with Crippen molar-refractivity contribution in [1.29, 1.82) is 0 Å². The summed E-state index contributed by atoms with van der Waals surface area (Å²) in [7, 11) is 0. The molecule has 3 heterocycles. The number of amides is 1. The zero-order valence-electron chi connectivity index (χ0n) is 19.2. The van der Waals surface area contributed by atoms with Gasteiger partial charge in [0.1, 0.15) is 0 Å². The predicted molar refractivity (Wildman–Crippen MR) is 133 cm³/mol. The molecule has 3 aromatic rings. The Bertz CT molecular complexity index is 1090. The zero-order chi connectivity index (χ0) is 22.6. The van der Waals surface area contributed by atoms with E-state index in [1.54, 1.807) is 0 Å². The molecule has 1 fully saturated rings. The molecule has 0 N–H and O–H groups in total. The number of para-hydroxylation sites is 2. The summed E-state index contributed by atoms with van der Waals surface area (Å²) in [4.78, 5) is 17.8. The van der Waals surface area contributed by atoms with Gasteiger partial charge in [0.25, 0.3) is 0 Å². The minimum Gasteiger partial charge on any atom is -0.309 e. The van der Waals surface area contributed by atoms with Crippen LogP contribution in [0.2, 0.25) is 0 Å². The normalized spacial score (nSPS) is 18.8. The monoisotopic (exact) mass is 461 g/mol. The Balaban J connectivity index is 1.37. The largest absolute Gasteiger partial charge is 0.309 e. The van der Waals surface area contributed by atoms with Crippen molar-refractivity contribution in [1.82, 2.24) is 19.7 Å². The van der Waals surface area contributed by atoms with E-state index in [2.05, 4.69) is 56.9 Å². The predicted octanol–water partition coefficient (Wildman–Crippen LogP) is 4.71. The highest BCUT2D eigenvalue weighted by molar-refractivity contribution is 7.99. The third-order valence-corrected chi connectivity index (χ3v) is 7.56. The fraction of sp³-hybridized carbons (Fsp3) is 0.423. The SMILES string of the molecule is CC1CCc2ccccc2N1C(=O)CSc1nnc(CN2CCCCC2)n1-c1ccccc1. The number of benzene rings is 2. The van der Waals surface area contributed by atoms with Gasteiger partial charge in [0.15, 0.2) is 11.0 Å². The number of nitrogens with zero attached hydrogens (tertiary/aromatic N) is 5. The van der Waals surface area contributed by atoms with Crippen LogP contribution >= 0.6 is 11.8 Å². The third kappa shape index (κ3) is 4.84. The van der Waals surface area contributed by atoms with Gasteiger partial charge in [-0.25, -0.2) is 0 Å². The number of hydrogen-bond acceptors (Lipinski definition) is 5. The third-order valence-electron chi connectivity index (χ3n) is 6.65. The quantitative estimate of drug-likeness (QED) is 0.498. The molecule has 1 amide bonds. The molecule has 0 radical (unpaired) electrons. The van der Waals surface area contributed by atoms with Crippen molar-refractivity contribution < 1.29 is 4.79 Å². The van der Waals surface area contributed by atoms with Gasteiger partial charge in [0.05, 0.1) is 12.3 Å². The van der Waals surface area contributed by atoms with E-state index in [4.69, 9.17) is 0 Å². The number of thioether (sulfide) groups is 1. The molecule has 2 aliphatic heterocycles. The minimum atomic E-state index is 0.125. The van der Waals surface area contributed by atoms with E-state index in [1.165, 1.54) is 36.6 Å². The number of carbonyl (C=O) groups is 1.